The largest absolute Gasteiger partial charge is 0.480 e. The lowest BCUT2D eigenvalue weighted by molar-refractivity contribution is -0.139. The van der Waals surface area contributed by atoms with Gasteiger partial charge in [-0.2, -0.15) is 0 Å². The quantitative estimate of drug-likeness (QED) is 0.676. The Hall–Kier alpha value is -1.45. The van der Waals surface area contributed by atoms with Crippen molar-refractivity contribution in [3.63, 3.8) is 0 Å². The fourth-order valence-corrected chi connectivity index (χ4v) is 4.74. The van der Waals surface area contributed by atoms with Crippen molar-refractivity contribution in [2.45, 2.75) is 42.1 Å². The third-order valence-electron chi connectivity index (χ3n) is 4.84. The number of nitrogens with one attached hydrogen (secondary N) is 1. The Morgan fingerprint density at radius 1 is 1.44 bits per heavy atom. The van der Waals surface area contributed by atoms with E-state index >= 15 is 0 Å². The summed E-state index contributed by atoms with van der Waals surface area (Å²) in [6.45, 7) is 1.07. The van der Waals surface area contributed by atoms with Gasteiger partial charge in [0.1, 0.15) is 16.8 Å². The number of hydrogen-bond acceptors (Lipinski definition) is 8. The molecule has 2 aliphatic rings. The van der Waals surface area contributed by atoms with Crippen molar-refractivity contribution >= 4 is 45.2 Å². The summed E-state index contributed by atoms with van der Waals surface area (Å²) in [5, 5.41) is 12.7. The minimum absolute atomic E-state index is 0.150. The van der Waals surface area contributed by atoms with Crippen LogP contribution in [0.25, 0.3) is 10.3 Å². The van der Waals surface area contributed by atoms with Gasteiger partial charge in [0, 0.05) is 18.6 Å². The lowest BCUT2D eigenvalue weighted by atomic mass is 9.85. The number of fused-ring (bicyclic) bond motifs is 1. The normalized spacial score (nSPS) is 23.0. The van der Waals surface area contributed by atoms with Gasteiger partial charge in [-0.3, -0.25) is 9.69 Å². The molecule has 2 N–H and O–H groups in total. The highest BCUT2D eigenvalue weighted by atomic mass is 32.2. The molecular formula is C16H21N5O2S2. The van der Waals surface area contributed by atoms with Crippen molar-refractivity contribution < 1.29 is 9.90 Å². The second kappa shape index (κ2) is 7.05. The second-order valence-electron chi connectivity index (χ2n) is 6.79. The molecule has 2 saturated carbocycles. The molecule has 7 nitrogen and oxygen atoms in total. The molecule has 2 aromatic rings. The van der Waals surface area contributed by atoms with Crippen LogP contribution in [0.2, 0.25) is 0 Å². The van der Waals surface area contributed by atoms with Crippen molar-refractivity contribution in [2.75, 3.05) is 24.7 Å². The van der Waals surface area contributed by atoms with Crippen molar-refractivity contribution in [1.29, 1.82) is 0 Å². The Balaban J connectivity index is 1.39. The maximum Gasteiger partial charge on any atom is 0.317 e. The highest BCUT2D eigenvalue weighted by Crippen LogP contribution is 2.36. The summed E-state index contributed by atoms with van der Waals surface area (Å²) >= 11 is 3.22. The van der Waals surface area contributed by atoms with E-state index in [1.807, 2.05) is 6.26 Å². The number of hydrogen-bond donors (Lipinski definition) is 2. The van der Waals surface area contributed by atoms with Gasteiger partial charge in [-0.15, -0.1) is 11.3 Å². The van der Waals surface area contributed by atoms with Gasteiger partial charge in [0.2, 0.25) is 0 Å². The highest BCUT2D eigenvalue weighted by Gasteiger charge is 2.37. The molecule has 4 rings (SSSR count). The molecular weight excluding hydrogens is 358 g/mol. The van der Waals surface area contributed by atoms with Crippen LogP contribution in [0.1, 0.15) is 25.7 Å². The number of nitrogens with zero attached hydrogens (tertiary/aromatic N) is 4. The lowest BCUT2D eigenvalue weighted by Crippen LogP contribution is -2.52. The van der Waals surface area contributed by atoms with Crippen LogP contribution in [-0.4, -0.2) is 62.4 Å². The summed E-state index contributed by atoms with van der Waals surface area (Å²) in [5.74, 6) is 0.817. The first-order valence-corrected chi connectivity index (χ1v) is 10.5. The summed E-state index contributed by atoms with van der Waals surface area (Å²) in [4.78, 5) is 26.4. The van der Waals surface area contributed by atoms with Crippen LogP contribution in [-0.2, 0) is 4.79 Å². The third kappa shape index (κ3) is 3.88. The number of aromatic nitrogens is 3. The standard InChI is InChI=1S/C16H21N5O2S2/c1-24-16-20-15-13(25-16)14(17-8-18-15)19-10-4-11(5-10)21(7-12(22)23)6-9-2-3-9/h8-11H,2-7H2,1H3,(H,22,23)(H,17,18,19). The van der Waals surface area contributed by atoms with Gasteiger partial charge in [0.15, 0.2) is 9.99 Å². The van der Waals surface area contributed by atoms with E-state index in [4.69, 9.17) is 5.11 Å². The van der Waals surface area contributed by atoms with Crippen molar-refractivity contribution in [3.05, 3.63) is 6.33 Å². The minimum Gasteiger partial charge on any atom is -0.480 e. The molecule has 0 aromatic carbocycles. The summed E-state index contributed by atoms with van der Waals surface area (Å²) in [5.41, 5.74) is 0.740. The monoisotopic (exact) mass is 379 g/mol. The SMILES string of the molecule is CSc1nc2ncnc(NC3CC(N(CC(=O)O)CC4CC4)C3)c2s1. The Morgan fingerprint density at radius 3 is 2.92 bits per heavy atom. The molecule has 2 heterocycles. The number of thiazole rings is 1. The molecule has 0 atom stereocenters. The van der Waals surface area contributed by atoms with Crippen LogP contribution in [0, 0.1) is 5.92 Å². The number of carboxylic acids is 1. The average molecular weight is 380 g/mol. The van der Waals surface area contributed by atoms with Gasteiger partial charge in [-0.05, 0) is 37.9 Å². The molecule has 0 bridgehead atoms. The van der Waals surface area contributed by atoms with Crippen molar-refractivity contribution in [2.24, 2.45) is 5.92 Å². The molecule has 2 aromatic heterocycles. The lowest BCUT2D eigenvalue weighted by Gasteiger charge is -2.43. The third-order valence-corrected chi connectivity index (χ3v) is 6.88. The predicted octanol–water partition coefficient (Wildman–Crippen LogP) is 2.55. The number of rotatable bonds is 8. The summed E-state index contributed by atoms with van der Waals surface area (Å²) in [6, 6.07) is 0.688. The van der Waals surface area contributed by atoms with Gasteiger partial charge >= 0.3 is 5.97 Å². The highest BCUT2D eigenvalue weighted by molar-refractivity contribution is 8.00. The Morgan fingerprint density at radius 2 is 2.24 bits per heavy atom. The maximum atomic E-state index is 11.1. The fraction of sp³-hybridized carbons (Fsp3) is 0.625. The Bertz CT molecular complexity index is 773. The van der Waals surface area contributed by atoms with Crippen LogP contribution in [0.15, 0.2) is 10.7 Å². The van der Waals surface area contributed by atoms with E-state index in [1.54, 1.807) is 29.4 Å². The summed E-state index contributed by atoms with van der Waals surface area (Å²) in [6.07, 6.45) is 7.96. The van der Waals surface area contributed by atoms with E-state index < -0.39 is 5.97 Å². The van der Waals surface area contributed by atoms with Crippen LogP contribution < -0.4 is 5.32 Å². The summed E-state index contributed by atoms with van der Waals surface area (Å²) < 4.78 is 1.98. The van der Waals surface area contributed by atoms with Crippen LogP contribution in [0.5, 0.6) is 0 Å². The molecule has 2 aliphatic carbocycles. The number of aliphatic carboxylic acids is 1. The second-order valence-corrected chi connectivity index (χ2v) is 8.84. The molecule has 134 valence electrons. The van der Waals surface area contributed by atoms with Crippen LogP contribution >= 0.6 is 23.1 Å². The van der Waals surface area contributed by atoms with Gasteiger partial charge in [0.25, 0.3) is 0 Å². The zero-order chi connectivity index (χ0) is 17.4. The first-order valence-electron chi connectivity index (χ1n) is 8.50. The molecule has 0 aliphatic heterocycles. The minimum atomic E-state index is -0.733. The van der Waals surface area contributed by atoms with Gasteiger partial charge in [-0.1, -0.05) is 11.8 Å². The smallest absolute Gasteiger partial charge is 0.317 e. The van der Waals surface area contributed by atoms with Crippen molar-refractivity contribution in [1.82, 2.24) is 19.9 Å². The van der Waals surface area contributed by atoms with Gasteiger partial charge in [-0.25, -0.2) is 15.0 Å². The zero-order valence-electron chi connectivity index (χ0n) is 14.0. The van der Waals surface area contributed by atoms with E-state index in [0.29, 0.717) is 18.0 Å². The van der Waals surface area contributed by atoms with E-state index in [9.17, 15) is 4.79 Å². The van der Waals surface area contributed by atoms with E-state index in [0.717, 1.165) is 39.9 Å². The average Bonchev–Trinajstić information content (AvgIpc) is 3.24. The molecule has 0 amide bonds. The fourth-order valence-electron chi connectivity index (χ4n) is 3.27. The molecule has 0 radical (unpaired) electrons. The Labute approximate surface area is 154 Å². The first kappa shape index (κ1) is 17.0. The predicted molar refractivity (Wildman–Crippen MR) is 99.4 cm³/mol. The Kier molecular flexibility index (Phi) is 4.79. The molecule has 2 fully saturated rings. The molecule has 25 heavy (non-hydrogen) atoms. The van der Waals surface area contributed by atoms with E-state index in [2.05, 4.69) is 25.2 Å². The van der Waals surface area contributed by atoms with Crippen LogP contribution in [0.3, 0.4) is 0 Å². The molecule has 9 heteroatoms. The number of anilines is 1. The molecule has 0 saturated heterocycles. The maximum absolute atomic E-state index is 11.1. The first-order chi connectivity index (χ1) is 12.1. The zero-order valence-corrected chi connectivity index (χ0v) is 15.6. The number of thioether (sulfide) groups is 1. The van der Waals surface area contributed by atoms with E-state index in [1.165, 1.54) is 12.8 Å². The molecule has 0 unspecified atom stereocenters. The number of carbonyl (C=O) groups is 1. The van der Waals surface area contributed by atoms with Crippen molar-refractivity contribution in [3.8, 4) is 0 Å². The van der Waals surface area contributed by atoms with Gasteiger partial charge in [0.05, 0.1) is 6.54 Å². The topological polar surface area (TPSA) is 91.2 Å². The van der Waals surface area contributed by atoms with Crippen LogP contribution in [0.4, 0.5) is 5.82 Å². The number of carboxylic acid groups (broad SMARTS) is 1. The molecule has 0 spiro atoms. The van der Waals surface area contributed by atoms with Gasteiger partial charge < -0.3 is 10.4 Å². The summed E-state index contributed by atoms with van der Waals surface area (Å²) in [7, 11) is 0. The van der Waals surface area contributed by atoms with E-state index in [-0.39, 0.29) is 6.54 Å².